The molecule has 11 heteroatoms. The summed E-state index contributed by atoms with van der Waals surface area (Å²) in [6.07, 6.45) is 1.14. The molecule has 0 spiro atoms. The molecule has 0 bridgehead atoms. The minimum absolute atomic E-state index is 0.168. The smallest absolute Gasteiger partial charge is 0.410 e. The van der Waals surface area contributed by atoms with Crippen molar-refractivity contribution in [1.29, 1.82) is 0 Å². The summed E-state index contributed by atoms with van der Waals surface area (Å²) in [5.74, 6) is 1.16. The summed E-state index contributed by atoms with van der Waals surface area (Å²) in [5.41, 5.74) is 5.64. The fourth-order valence-electron chi connectivity index (χ4n) is 2.90. The topological polar surface area (TPSA) is 134 Å². The molecule has 10 nitrogen and oxygen atoms in total. The molecule has 1 aliphatic heterocycles. The number of amides is 1. The molecular weight excluding hydrogens is 362 g/mol. The van der Waals surface area contributed by atoms with E-state index in [1.165, 1.54) is 17.7 Å². The average molecular weight is 380 g/mol. The number of methoxy groups -OCH3 is 1. The molecule has 1 amide bonds. The zero-order valence-corrected chi connectivity index (χ0v) is 14.9. The van der Waals surface area contributed by atoms with E-state index in [9.17, 15) is 13.6 Å². The standard InChI is InChI=1S/C15H19N5O5S/c1-24-12-7-10-11(8-13(12)25-15(16)21)17-9-18-14(10)19-3-2-4-20(6-5-19)26(22)23/h7-9H,2-6H2,1H3,(H2,16,21)(H,22,23)/p-1. The van der Waals surface area contributed by atoms with E-state index in [-0.39, 0.29) is 5.75 Å². The number of hydrogen-bond acceptors (Lipinski definition) is 8. The van der Waals surface area contributed by atoms with Gasteiger partial charge in [-0.1, -0.05) is 0 Å². The van der Waals surface area contributed by atoms with Gasteiger partial charge in [-0.15, -0.1) is 0 Å². The van der Waals surface area contributed by atoms with E-state index in [4.69, 9.17) is 15.2 Å². The van der Waals surface area contributed by atoms with Crippen LogP contribution in [0.4, 0.5) is 10.6 Å². The number of carbonyl (C=O) groups is 1. The summed E-state index contributed by atoms with van der Waals surface area (Å²) < 4.78 is 34.0. The molecule has 0 aliphatic carbocycles. The SMILES string of the molecule is COc1cc2c(N3CCCN(S(=O)[O-])CC3)ncnc2cc1OC(N)=O. The highest BCUT2D eigenvalue weighted by atomic mass is 32.2. The molecule has 1 fully saturated rings. The monoisotopic (exact) mass is 380 g/mol. The first-order valence-electron chi connectivity index (χ1n) is 7.89. The van der Waals surface area contributed by atoms with Crippen molar-refractivity contribution < 1.29 is 23.0 Å². The van der Waals surface area contributed by atoms with E-state index < -0.39 is 17.4 Å². The van der Waals surface area contributed by atoms with Crippen LogP contribution in [-0.4, -0.2) is 62.4 Å². The Kier molecular flexibility index (Phi) is 5.49. The van der Waals surface area contributed by atoms with Crippen LogP contribution in [0.25, 0.3) is 10.9 Å². The lowest BCUT2D eigenvalue weighted by atomic mass is 10.2. The summed E-state index contributed by atoms with van der Waals surface area (Å²) in [6.45, 7) is 2.00. The summed E-state index contributed by atoms with van der Waals surface area (Å²) in [5, 5.41) is 0.706. The van der Waals surface area contributed by atoms with Crippen LogP contribution >= 0.6 is 0 Å². The number of nitrogens with zero attached hydrogens (tertiary/aromatic N) is 4. The van der Waals surface area contributed by atoms with Crippen molar-refractivity contribution in [3.05, 3.63) is 18.5 Å². The van der Waals surface area contributed by atoms with Crippen LogP contribution in [-0.2, 0) is 11.3 Å². The van der Waals surface area contributed by atoms with E-state index >= 15 is 0 Å². The summed E-state index contributed by atoms with van der Waals surface area (Å²) in [7, 11) is 1.45. The molecule has 0 saturated carbocycles. The fraction of sp³-hybridized carbons (Fsp3) is 0.400. The second-order valence-electron chi connectivity index (χ2n) is 5.63. The Morgan fingerprint density at radius 3 is 2.73 bits per heavy atom. The summed E-state index contributed by atoms with van der Waals surface area (Å²) in [6, 6.07) is 3.23. The molecule has 0 radical (unpaired) electrons. The van der Waals surface area contributed by atoms with E-state index in [1.54, 1.807) is 12.1 Å². The van der Waals surface area contributed by atoms with Crippen LogP contribution in [0.15, 0.2) is 18.5 Å². The van der Waals surface area contributed by atoms with Gasteiger partial charge in [-0.05, 0) is 12.5 Å². The molecule has 2 heterocycles. The van der Waals surface area contributed by atoms with Crippen LogP contribution in [0, 0.1) is 0 Å². The lowest BCUT2D eigenvalue weighted by Crippen LogP contribution is -2.32. The van der Waals surface area contributed by atoms with Crippen molar-refractivity contribution in [1.82, 2.24) is 14.3 Å². The highest BCUT2D eigenvalue weighted by Gasteiger charge is 2.20. The first-order chi connectivity index (χ1) is 12.5. The molecule has 1 saturated heterocycles. The number of anilines is 1. The number of nitrogens with two attached hydrogens (primary N) is 1. The number of hydrogen-bond donors (Lipinski definition) is 1. The Morgan fingerprint density at radius 1 is 1.23 bits per heavy atom. The van der Waals surface area contributed by atoms with Crippen LogP contribution in [0.5, 0.6) is 11.5 Å². The van der Waals surface area contributed by atoms with Gasteiger partial charge in [-0.2, -0.15) is 0 Å². The second-order valence-corrected chi connectivity index (χ2v) is 6.58. The third-order valence-corrected chi connectivity index (χ3v) is 4.86. The molecule has 1 aromatic heterocycles. The number of rotatable bonds is 4. The molecule has 2 N–H and O–H groups in total. The van der Waals surface area contributed by atoms with Crippen molar-refractivity contribution in [2.45, 2.75) is 6.42 Å². The Balaban J connectivity index is 1.98. The van der Waals surface area contributed by atoms with Gasteiger partial charge < -0.3 is 24.7 Å². The van der Waals surface area contributed by atoms with Crippen LogP contribution in [0.2, 0.25) is 0 Å². The van der Waals surface area contributed by atoms with E-state index in [2.05, 4.69) is 9.97 Å². The van der Waals surface area contributed by atoms with Gasteiger partial charge in [0.1, 0.15) is 12.1 Å². The molecule has 140 valence electrons. The minimum atomic E-state index is -2.23. The maximum atomic E-state index is 11.2. The molecule has 1 atom stereocenters. The van der Waals surface area contributed by atoms with Gasteiger partial charge in [-0.25, -0.2) is 19.1 Å². The highest BCUT2D eigenvalue weighted by molar-refractivity contribution is 7.76. The molecule has 1 aromatic carbocycles. The van der Waals surface area contributed by atoms with Gasteiger partial charge in [0.2, 0.25) is 0 Å². The van der Waals surface area contributed by atoms with Crippen molar-refractivity contribution >= 4 is 34.1 Å². The van der Waals surface area contributed by atoms with Crippen LogP contribution in [0.1, 0.15) is 6.42 Å². The molecule has 1 unspecified atom stereocenters. The fourth-order valence-corrected chi connectivity index (χ4v) is 3.41. The van der Waals surface area contributed by atoms with Gasteiger partial charge in [0.05, 0.1) is 12.6 Å². The summed E-state index contributed by atoms with van der Waals surface area (Å²) in [4.78, 5) is 21.6. The third-order valence-electron chi connectivity index (χ3n) is 4.08. The van der Waals surface area contributed by atoms with E-state index in [0.717, 1.165) is 0 Å². The lowest BCUT2D eigenvalue weighted by molar-refractivity contribution is 0.209. The van der Waals surface area contributed by atoms with Crippen LogP contribution < -0.4 is 20.1 Å². The molecule has 3 rings (SSSR count). The van der Waals surface area contributed by atoms with Gasteiger partial charge in [0, 0.05) is 48.9 Å². The molecule has 26 heavy (non-hydrogen) atoms. The first kappa shape index (κ1) is 18.3. The Hall–Kier alpha value is -2.50. The predicted molar refractivity (Wildman–Crippen MR) is 93.6 cm³/mol. The molecule has 1 aliphatic rings. The number of benzene rings is 1. The number of aromatic nitrogens is 2. The van der Waals surface area contributed by atoms with Crippen molar-refractivity contribution in [2.75, 3.05) is 38.2 Å². The van der Waals surface area contributed by atoms with Gasteiger partial charge in [0.25, 0.3) is 0 Å². The first-order valence-corrected chi connectivity index (χ1v) is 8.92. The normalized spacial score (nSPS) is 16.9. The molecular formula is C15H18N5O5S-. The average Bonchev–Trinajstić information content (AvgIpc) is 2.86. The zero-order chi connectivity index (χ0) is 18.7. The lowest BCUT2D eigenvalue weighted by Gasteiger charge is -2.24. The minimum Gasteiger partial charge on any atom is -0.760 e. The number of ether oxygens (including phenoxy) is 2. The Labute approximate surface area is 152 Å². The Bertz CT molecular complexity index is 849. The highest BCUT2D eigenvalue weighted by Crippen LogP contribution is 2.35. The van der Waals surface area contributed by atoms with Gasteiger partial charge in [0.15, 0.2) is 11.5 Å². The quantitative estimate of drug-likeness (QED) is 0.754. The van der Waals surface area contributed by atoms with Gasteiger partial charge in [-0.3, -0.25) is 4.21 Å². The van der Waals surface area contributed by atoms with Crippen LogP contribution in [0.3, 0.4) is 0 Å². The van der Waals surface area contributed by atoms with E-state index in [1.807, 2.05) is 4.90 Å². The van der Waals surface area contributed by atoms with Crippen molar-refractivity contribution in [3.8, 4) is 11.5 Å². The Morgan fingerprint density at radius 2 is 2.04 bits per heavy atom. The summed E-state index contributed by atoms with van der Waals surface area (Å²) >= 11 is -2.23. The maximum absolute atomic E-state index is 11.2. The maximum Gasteiger partial charge on any atom is 0.410 e. The third kappa shape index (κ3) is 3.84. The largest absolute Gasteiger partial charge is 0.760 e. The second kappa shape index (κ2) is 7.81. The molecule has 2 aromatic rings. The van der Waals surface area contributed by atoms with Crippen molar-refractivity contribution in [3.63, 3.8) is 0 Å². The predicted octanol–water partition coefficient (Wildman–Crippen LogP) is 0.402. The zero-order valence-electron chi connectivity index (χ0n) is 14.1. The van der Waals surface area contributed by atoms with Crippen molar-refractivity contribution in [2.24, 2.45) is 5.73 Å². The number of carbonyl (C=O) groups excluding carboxylic acids is 1. The van der Waals surface area contributed by atoms with E-state index in [0.29, 0.717) is 55.1 Å². The van der Waals surface area contributed by atoms with Gasteiger partial charge >= 0.3 is 6.09 Å². The number of fused-ring (bicyclic) bond motifs is 1. The number of primary amides is 1.